The second-order valence-corrected chi connectivity index (χ2v) is 5.92. The lowest BCUT2D eigenvalue weighted by Crippen LogP contribution is -2.61. The summed E-state index contributed by atoms with van der Waals surface area (Å²) in [6.45, 7) is 3.20. The Kier molecular flexibility index (Phi) is 8.31. The number of hydrogen-bond donors (Lipinski definition) is 5. The average molecular weight is 361 g/mol. The maximum Gasteiger partial charge on any atom is 0.267 e. The molecular formula is C18H23N3O5. The third-order valence-electron chi connectivity index (χ3n) is 3.24. The topological polar surface area (TPSA) is 134 Å². The minimum absolute atomic E-state index is 0.198. The molecular weight excluding hydrogens is 338 g/mol. The number of nitrogens with two attached hydrogens (primary N) is 1. The predicted octanol–water partition coefficient (Wildman–Crippen LogP) is -0.0416. The van der Waals surface area contributed by atoms with E-state index in [1.54, 1.807) is 38.1 Å². The molecule has 2 amide bonds. The molecule has 1 aromatic carbocycles. The minimum Gasteiger partial charge on any atom is -0.490 e. The Balaban J connectivity index is 2.68. The summed E-state index contributed by atoms with van der Waals surface area (Å²) in [4.78, 5) is 24.0. The van der Waals surface area contributed by atoms with Crippen molar-refractivity contribution in [2.45, 2.75) is 25.4 Å². The molecule has 0 fully saturated rings. The molecule has 0 unspecified atom stereocenters. The van der Waals surface area contributed by atoms with E-state index in [2.05, 4.69) is 17.2 Å². The van der Waals surface area contributed by atoms with Gasteiger partial charge in [0.2, 0.25) is 0 Å². The van der Waals surface area contributed by atoms with Crippen LogP contribution in [0, 0.1) is 11.8 Å². The molecule has 6 N–H and O–H groups in total. The third-order valence-corrected chi connectivity index (χ3v) is 3.24. The summed E-state index contributed by atoms with van der Waals surface area (Å²) >= 11 is 0. The van der Waals surface area contributed by atoms with Gasteiger partial charge in [-0.25, -0.2) is 5.48 Å². The number of rotatable bonds is 7. The van der Waals surface area contributed by atoms with Crippen LogP contribution in [0.25, 0.3) is 0 Å². The maximum atomic E-state index is 12.3. The fourth-order valence-electron chi connectivity index (χ4n) is 1.93. The van der Waals surface area contributed by atoms with E-state index < -0.39 is 23.4 Å². The van der Waals surface area contributed by atoms with Gasteiger partial charge in [-0.3, -0.25) is 14.8 Å². The molecule has 1 rings (SSSR count). The molecule has 0 aliphatic rings. The smallest absolute Gasteiger partial charge is 0.267 e. The van der Waals surface area contributed by atoms with Crippen molar-refractivity contribution < 1.29 is 24.6 Å². The predicted molar refractivity (Wildman–Crippen MR) is 95.4 cm³/mol. The summed E-state index contributed by atoms with van der Waals surface area (Å²) < 4.78 is 5.45. The van der Waals surface area contributed by atoms with Gasteiger partial charge in [-0.2, -0.15) is 0 Å². The van der Waals surface area contributed by atoms with Gasteiger partial charge in [-0.05, 0) is 50.3 Å². The molecule has 1 aromatic rings. The minimum atomic E-state index is -1.11. The lowest BCUT2D eigenvalue weighted by atomic mass is 9.95. The van der Waals surface area contributed by atoms with E-state index in [0.717, 1.165) is 0 Å². The van der Waals surface area contributed by atoms with Crippen LogP contribution in [0.1, 0.15) is 24.2 Å². The number of nitrogens with one attached hydrogen (secondary N) is 2. The molecule has 8 heteroatoms. The second kappa shape index (κ2) is 10.2. The zero-order chi connectivity index (χ0) is 19.6. The monoisotopic (exact) mass is 361 g/mol. The first-order valence-corrected chi connectivity index (χ1v) is 7.80. The van der Waals surface area contributed by atoms with E-state index in [-0.39, 0.29) is 13.2 Å². The van der Waals surface area contributed by atoms with E-state index in [1.807, 2.05) is 0 Å². The number of aliphatic hydroxyl groups is 1. The number of benzene rings is 1. The van der Waals surface area contributed by atoms with Gasteiger partial charge in [-0.15, -0.1) is 0 Å². The van der Waals surface area contributed by atoms with Gasteiger partial charge in [0.15, 0.2) is 0 Å². The van der Waals surface area contributed by atoms with Gasteiger partial charge in [0.1, 0.15) is 25.0 Å². The van der Waals surface area contributed by atoms with Crippen molar-refractivity contribution in [3.05, 3.63) is 42.0 Å². The van der Waals surface area contributed by atoms with Crippen LogP contribution in [0.2, 0.25) is 0 Å². The molecule has 8 nitrogen and oxygen atoms in total. The van der Waals surface area contributed by atoms with Crippen molar-refractivity contribution in [2.24, 2.45) is 5.73 Å². The lowest BCUT2D eigenvalue weighted by molar-refractivity contribution is -0.132. The molecule has 0 bridgehead atoms. The molecule has 0 aromatic heterocycles. The van der Waals surface area contributed by atoms with Crippen LogP contribution in [0.5, 0.6) is 5.75 Å². The van der Waals surface area contributed by atoms with Gasteiger partial charge >= 0.3 is 0 Å². The van der Waals surface area contributed by atoms with Gasteiger partial charge in [0.05, 0.1) is 0 Å². The van der Waals surface area contributed by atoms with Crippen LogP contribution in [0.15, 0.2) is 36.4 Å². The summed E-state index contributed by atoms with van der Waals surface area (Å²) in [6.07, 6.45) is 3.25. The van der Waals surface area contributed by atoms with Gasteiger partial charge < -0.3 is 20.9 Å². The second-order valence-electron chi connectivity index (χ2n) is 5.92. The van der Waals surface area contributed by atoms with Crippen molar-refractivity contribution in [2.75, 3.05) is 13.2 Å². The number of hydroxylamine groups is 1. The molecule has 1 atom stereocenters. The van der Waals surface area contributed by atoms with Crippen molar-refractivity contribution in [1.29, 1.82) is 0 Å². The number of carbonyl (C=O) groups is 2. The molecule has 0 radical (unpaired) electrons. The average Bonchev–Trinajstić information content (AvgIpc) is 2.61. The number of allylic oxidation sites excluding steroid dienone is 1. The normalized spacial score (nSPS) is 12.0. The maximum absolute atomic E-state index is 12.3. The van der Waals surface area contributed by atoms with Gasteiger partial charge in [-0.1, -0.05) is 11.8 Å². The highest BCUT2D eigenvalue weighted by Gasteiger charge is 2.33. The number of ether oxygens (including phenoxy) is 1. The first kappa shape index (κ1) is 21.2. The summed E-state index contributed by atoms with van der Waals surface area (Å²) in [5, 5.41) is 19.8. The molecule has 0 aliphatic carbocycles. The standard InChI is InChI=1S/C18H23N3O5/c1-18(2,19)15(17(24)21-25)20-16(23)13-7-9-14(10-8-13)26-12-6-4-3-5-11-22/h4,6-10,15,22,25H,11-12,19H2,1-2H3,(H,20,23)(H,21,24)/t15-/m1/s1. The Bertz CT molecular complexity index is 696. The molecule has 0 spiro atoms. The van der Waals surface area contributed by atoms with E-state index in [4.69, 9.17) is 20.8 Å². The largest absolute Gasteiger partial charge is 0.490 e. The summed E-state index contributed by atoms with van der Waals surface area (Å²) in [5.41, 5.74) is 6.60. The number of aliphatic hydroxyl groups excluding tert-OH is 1. The van der Waals surface area contributed by atoms with Crippen LogP contribution >= 0.6 is 0 Å². The Morgan fingerprint density at radius 2 is 2.00 bits per heavy atom. The van der Waals surface area contributed by atoms with E-state index >= 15 is 0 Å². The fraction of sp³-hybridized carbons (Fsp3) is 0.333. The molecule has 26 heavy (non-hydrogen) atoms. The zero-order valence-electron chi connectivity index (χ0n) is 14.7. The summed E-state index contributed by atoms with van der Waals surface area (Å²) in [6, 6.07) is 5.18. The highest BCUT2D eigenvalue weighted by Crippen LogP contribution is 2.13. The third kappa shape index (κ3) is 6.94. The zero-order valence-corrected chi connectivity index (χ0v) is 14.7. The molecule has 0 aliphatic heterocycles. The SMILES string of the molecule is CC(C)(N)[C@H](NC(=O)c1ccc(OCC=CC#CCO)cc1)C(=O)NO. The summed E-state index contributed by atoms with van der Waals surface area (Å²) in [5.74, 6) is 4.32. The van der Waals surface area contributed by atoms with Gasteiger partial charge in [0, 0.05) is 11.1 Å². The Morgan fingerprint density at radius 3 is 2.54 bits per heavy atom. The fourth-order valence-corrected chi connectivity index (χ4v) is 1.93. The van der Waals surface area contributed by atoms with Crippen molar-refractivity contribution in [3.63, 3.8) is 0 Å². The van der Waals surface area contributed by atoms with Crippen molar-refractivity contribution in [1.82, 2.24) is 10.8 Å². The molecule has 0 heterocycles. The Morgan fingerprint density at radius 1 is 1.35 bits per heavy atom. The highest BCUT2D eigenvalue weighted by molar-refractivity contribution is 5.97. The van der Waals surface area contributed by atoms with Crippen LogP contribution < -0.4 is 21.3 Å². The van der Waals surface area contributed by atoms with E-state index in [1.165, 1.54) is 17.6 Å². The quantitative estimate of drug-likeness (QED) is 0.263. The van der Waals surface area contributed by atoms with Crippen LogP contribution in [0.4, 0.5) is 0 Å². The molecule has 0 saturated carbocycles. The number of amides is 2. The molecule has 0 saturated heterocycles. The first-order valence-electron chi connectivity index (χ1n) is 7.80. The van der Waals surface area contributed by atoms with E-state index in [9.17, 15) is 9.59 Å². The van der Waals surface area contributed by atoms with E-state index in [0.29, 0.717) is 11.3 Å². The van der Waals surface area contributed by atoms with Crippen LogP contribution in [-0.2, 0) is 4.79 Å². The Hall–Kier alpha value is -2.86. The van der Waals surface area contributed by atoms with Crippen molar-refractivity contribution >= 4 is 11.8 Å². The highest BCUT2D eigenvalue weighted by atomic mass is 16.5. The number of carbonyl (C=O) groups excluding carboxylic acids is 2. The van der Waals surface area contributed by atoms with Crippen LogP contribution in [-0.4, -0.2) is 46.9 Å². The van der Waals surface area contributed by atoms with Crippen LogP contribution in [0.3, 0.4) is 0 Å². The summed E-state index contributed by atoms with van der Waals surface area (Å²) in [7, 11) is 0. The number of hydrogen-bond acceptors (Lipinski definition) is 6. The first-order chi connectivity index (χ1) is 12.3. The van der Waals surface area contributed by atoms with Crippen molar-refractivity contribution in [3.8, 4) is 17.6 Å². The molecule has 140 valence electrons. The lowest BCUT2D eigenvalue weighted by Gasteiger charge is -2.29. The van der Waals surface area contributed by atoms with Gasteiger partial charge in [0.25, 0.3) is 11.8 Å². The Labute approximate surface area is 152 Å².